The number of rotatable bonds is 11. The van der Waals surface area contributed by atoms with E-state index in [0.717, 1.165) is 47.5 Å². The molecule has 1 aromatic heterocycles. The molecule has 0 unspecified atom stereocenters. The van der Waals surface area contributed by atoms with Crippen LogP contribution in [0.5, 0.6) is 5.75 Å². The summed E-state index contributed by atoms with van der Waals surface area (Å²) in [4.78, 5) is 20.3. The van der Waals surface area contributed by atoms with Gasteiger partial charge in [0.05, 0.1) is 23.4 Å². The Labute approximate surface area is 185 Å². The Balaban J connectivity index is 1.81. The second kappa shape index (κ2) is 11.5. The third kappa shape index (κ3) is 6.05. The summed E-state index contributed by atoms with van der Waals surface area (Å²) in [6.07, 6.45) is 2.36. The van der Waals surface area contributed by atoms with Crippen molar-refractivity contribution in [3.8, 4) is 17.0 Å². The first-order chi connectivity index (χ1) is 15.2. The van der Waals surface area contributed by atoms with Crippen LogP contribution in [-0.4, -0.2) is 48.6 Å². The number of hydrogen-bond acceptors (Lipinski definition) is 4. The van der Waals surface area contributed by atoms with Gasteiger partial charge in [0.25, 0.3) is 5.91 Å². The van der Waals surface area contributed by atoms with Crippen LogP contribution in [0.3, 0.4) is 0 Å². The maximum Gasteiger partial charge on any atom is 0.252 e. The van der Waals surface area contributed by atoms with Crippen molar-refractivity contribution in [3.05, 3.63) is 60.2 Å². The molecule has 2 aromatic carbocycles. The van der Waals surface area contributed by atoms with Crippen molar-refractivity contribution in [3.63, 3.8) is 0 Å². The predicted molar refractivity (Wildman–Crippen MR) is 128 cm³/mol. The van der Waals surface area contributed by atoms with Crippen molar-refractivity contribution in [1.29, 1.82) is 0 Å². The van der Waals surface area contributed by atoms with E-state index in [1.807, 2.05) is 61.5 Å². The summed E-state index contributed by atoms with van der Waals surface area (Å²) in [5, 5.41) is 3.98. The molecule has 1 heterocycles. The largest absolute Gasteiger partial charge is 0.494 e. The van der Waals surface area contributed by atoms with Gasteiger partial charge >= 0.3 is 0 Å². The fourth-order valence-electron chi connectivity index (χ4n) is 3.63. The fourth-order valence-corrected chi connectivity index (χ4v) is 3.63. The summed E-state index contributed by atoms with van der Waals surface area (Å²) >= 11 is 0. The summed E-state index contributed by atoms with van der Waals surface area (Å²) in [6, 6.07) is 17.5. The molecule has 0 aliphatic heterocycles. The van der Waals surface area contributed by atoms with Gasteiger partial charge in [-0.15, -0.1) is 0 Å². The second-order valence-electron chi connectivity index (χ2n) is 7.57. The highest BCUT2D eigenvalue weighted by molar-refractivity contribution is 6.07. The van der Waals surface area contributed by atoms with E-state index < -0.39 is 0 Å². The number of para-hydroxylation sites is 1. The molecule has 0 bridgehead atoms. The quantitative estimate of drug-likeness (QED) is 0.467. The van der Waals surface area contributed by atoms with Gasteiger partial charge in [0.2, 0.25) is 0 Å². The van der Waals surface area contributed by atoms with Gasteiger partial charge in [-0.1, -0.05) is 38.5 Å². The molecule has 0 aliphatic carbocycles. The van der Waals surface area contributed by atoms with E-state index in [0.29, 0.717) is 18.7 Å². The Hall–Kier alpha value is -2.92. The molecule has 1 amide bonds. The zero-order valence-electron chi connectivity index (χ0n) is 18.9. The molecule has 0 aliphatic rings. The maximum atomic E-state index is 13.1. The molecule has 0 fully saturated rings. The average Bonchev–Trinajstić information content (AvgIpc) is 2.81. The Bertz CT molecular complexity index is 986. The molecule has 0 atom stereocenters. The number of carbonyl (C=O) groups excluding carboxylic acids is 1. The molecule has 1 N–H and O–H groups in total. The van der Waals surface area contributed by atoms with Gasteiger partial charge in [-0.3, -0.25) is 4.79 Å². The van der Waals surface area contributed by atoms with Gasteiger partial charge in [-0.05, 0) is 62.8 Å². The highest BCUT2D eigenvalue weighted by Crippen LogP contribution is 2.26. The fraction of sp³-hybridized carbons (Fsp3) is 0.385. The Morgan fingerprint density at radius 3 is 2.52 bits per heavy atom. The Kier molecular flexibility index (Phi) is 8.42. The lowest BCUT2D eigenvalue weighted by atomic mass is 10.0. The van der Waals surface area contributed by atoms with Crippen molar-refractivity contribution < 1.29 is 9.53 Å². The number of likely N-dealkylation sites (N-methyl/N-ethyl adjacent to an activating group) is 1. The molecule has 3 rings (SSSR count). The highest BCUT2D eigenvalue weighted by Gasteiger charge is 2.14. The third-order valence-electron chi connectivity index (χ3n) is 5.41. The van der Waals surface area contributed by atoms with Gasteiger partial charge in [0.1, 0.15) is 5.75 Å². The molecular formula is C26H33N3O2. The normalized spacial score (nSPS) is 11.1. The predicted octanol–water partition coefficient (Wildman–Crippen LogP) is 5.15. The number of aromatic nitrogens is 1. The minimum absolute atomic E-state index is 0.0580. The lowest BCUT2D eigenvalue weighted by molar-refractivity contribution is 0.0950. The third-order valence-corrected chi connectivity index (χ3v) is 5.41. The van der Waals surface area contributed by atoms with Gasteiger partial charge in [0.15, 0.2) is 0 Å². The molecule has 0 radical (unpaired) electrons. The lowest BCUT2D eigenvalue weighted by Crippen LogP contribution is -2.35. The second-order valence-corrected chi connectivity index (χ2v) is 7.57. The molecule has 5 nitrogen and oxygen atoms in total. The number of pyridine rings is 1. The van der Waals surface area contributed by atoms with Gasteiger partial charge in [-0.25, -0.2) is 4.98 Å². The van der Waals surface area contributed by atoms with Crippen LogP contribution in [0.1, 0.15) is 44.0 Å². The minimum atomic E-state index is -0.0580. The summed E-state index contributed by atoms with van der Waals surface area (Å²) in [5.41, 5.74) is 3.22. The van der Waals surface area contributed by atoms with E-state index in [2.05, 4.69) is 24.1 Å². The van der Waals surface area contributed by atoms with Crippen molar-refractivity contribution in [2.24, 2.45) is 0 Å². The number of benzene rings is 2. The minimum Gasteiger partial charge on any atom is -0.494 e. The van der Waals surface area contributed by atoms with Crippen LogP contribution < -0.4 is 10.1 Å². The van der Waals surface area contributed by atoms with Crippen LogP contribution in [0.4, 0.5) is 0 Å². The molecule has 164 valence electrons. The first-order valence-corrected chi connectivity index (χ1v) is 11.3. The van der Waals surface area contributed by atoms with Crippen molar-refractivity contribution in [2.75, 3.05) is 32.8 Å². The summed E-state index contributed by atoms with van der Waals surface area (Å²) < 4.78 is 5.54. The van der Waals surface area contributed by atoms with Gasteiger partial charge in [-0.2, -0.15) is 0 Å². The summed E-state index contributed by atoms with van der Waals surface area (Å²) in [6.45, 7) is 10.5. The van der Waals surface area contributed by atoms with E-state index in [9.17, 15) is 4.79 Å². The van der Waals surface area contributed by atoms with Gasteiger partial charge < -0.3 is 15.0 Å². The molecule has 31 heavy (non-hydrogen) atoms. The summed E-state index contributed by atoms with van der Waals surface area (Å²) in [7, 11) is 0. The number of amides is 1. The first kappa shape index (κ1) is 22.8. The number of ether oxygens (including phenoxy) is 1. The van der Waals surface area contributed by atoms with E-state index in [1.54, 1.807) is 0 Å². The number of unbranched alkanes of at least 4 members (excludes halogenated alkanes) is 1. The van der Waals surface area contributed by atoms with Crippen LogP contribution in [0.2, 0.25) is 0 Å². The first-order valence-electron chi connectivity index (χ1n) is 11.3. The summed E-state index contributed by atoms with van der Waals surface area (Å²) in [5.74, 6) is 0.769. The molecular weight excluding hydrogens is 386 g/mol. The average molecular weight is 420 g/mol. The Morgan fingerprint density at radius 2 is 1.81 bits per heavy atom. The molecule has 0 saturated carbocycles. The van der Waals surface area contributed by atoms with Crippen molar-refractivity contribution >= 4 is 16.8 Å². The monoisotopic (exact) mass is 419 g/mol. The van der Waals surface area contributed by atoms with E-state index in [4.69, 9.17) is 9.72 Å². The molecule has 0 spiro atoms. The smallest absolute Gasteiger partial charge is 0.252 e. The van der Waals surface area contributed by atoms with Crippen LogP contribution in [0.25, 0.3) is 22.2 Å². The van der Waals surface area contributed by atoms with Crippen LogP contribution >= 0.6 is 0 Å². The van der Waals surface area contributed by atoms with Crippen molar-refractivity contribution in [2.45, 2.75) is 33.6 Å². The SMILES string of the molecule is CCCCN(CC)CCNC(=O)c1cc(-c2ccc(OCC)cc2)nc2ccccc12. The molecule has 3 aromatic rings. The van der Waals surface area contributed by atoms with E-state index >= 15 is 0 Å². The van der Waals surface area contributed by atoms with Gasteiger partial charge in [0, 0.05) is 24.0 Å². The van der Waals surface area contributed by atoms with Crippen LogP contribution in [-0.2, 0) is 0 Å². The van der Waals surface area contributed by atoms with E-state index in [1.165, 1.54) is 12.8 Å². The zero-order valence-corrected chi connectivity index (χ0v) is 18.9. The number of nitrogens with zero attached hydrogens (tertiary/aromatic N) is 2. The highest BCUT2D eigenvalue weighted by atomic mass is 16.5. The number of carbonyl (C=O) groups is 1. The van der Waals surface area contributed by atoms with Crippen LogP contribution in [0, 0.1) is 0 Å². The molecule has 5 heteroatoms. The lowest BCUT2D eigenvalue weighted by Gasteiger charge is -2.20. The Morgan fingerprint density at radius 1 is 1.03 bits per heavy atom. The van der Waals surface area contributed by atoms with Crippen LogP contribution in [0.15, 0.2) is 54.6 Å². The number of hydrogen-bond donors (Lipinski definition) is 1. The number of fused-ring (bicyclic) bond motifs is 1. The maximum absolute atomic E-state index is 13.1. The van der Waals surface area contributed by atoms with Crippen molar-refractivity contribution in [1.82, 2.24) is 15.2 Å². The van der Waals surface area contributed by atoms with E-state index in [-0.39, 0.29) is 5.91 Å². The number of nitrogens with one attached hydrogen (secondary N) is 1. The zero-order chi connectivity index (χ0) is 22.1. The standard InChI is InChI=1S/C26H33N3O2/c1-4-7-17-29(5-2)18-16-27-26(30)23-19-25(28-24-11-9-8-10-22(23)24)20-12-14-21(15-13-20)31-6-3/h8-15,19H,4-7,16-18H2,1-3H3,(H,27,30). The molecule has 0 saturated heterocycles. The topological polar surface area (TPSA) is 54.5 Å².